The molecule has 0 aliphatic carbocycles. The lowest BCUT2D eigenvalue weighted by atomic mass is 10.0. The van der Waals surface area contributed by atoms with E-state index in [2.05, 4.69) is 40.2 Å². The number of nitrogens with zero attached hydrogens (tertiary/aromatic N) is 2. The van der Waals surface area contributed by atoms with Crippen LogP contribution in [0.25, 0.3) is 0 Å². The first-order valence-corrected chi connectivity index (χ1v) is 13.5. The summed E-state index contributed by atoms with van der Waals surface area (Å²) in [5.74, 6) is 2.75. The molecule has 7 heteroatoms. The van der Waals surface area contributed by atoms with Crippen molar-refractivity contribution in [3.05, 3.63) is 82.4 Å². The third-order valence-electron chi connectivity index (χ3n) is 4.78. The number of fused-ring (bicyclic) bond motifs is 1. The molecule has 0 spiro atoms. The summed E-state index contributed by atoms with van der Waals surface area (Å²) in [7, 11) is -0.961. The summed E-state index contributed by atoms with van der Waals surface area (Å²) in [6.07, 6.45) is 8.03. The molecule has 2 aromatic carbocycles. The van der Waals surface area contributed by atoms with E-state index in [1.165, 1.54) is 11.3 Å². The summed E-state index contributed by atoms with van der Waals surface area (Å²) in [5.41, 5.74) is 3.09. The second-order valence-electron chi connectivity index (χ2n) is 8.01. The van der Waals surface area contributed by atoms with E-state index < -0.39 is 16.1 Å². The Balaban J connectivity index is 1.66. The number of amides is 2. The molecule has 1 aliphatic rings. The van der Waals surface area contributed by atoms with Gasteiger partial charge in [0.2, 0.25) is 0 Å². The number of nitrogens with one attached hydrogen (secondary N) is 1. The molecular formula is C24H23N3O2S2. The Morgan fingerprint density at radius 1 is 1.19 bits per heavy atom. The average Bonchev–Trinajstić information content (AvgIpc) is 3.35. The van der Waals surface area contributed by atoms with Gasteiger partial charge in [-0.1, -0.05) is 42.3 Å². The summed E-state index contributed by atoms with van der Waals surface area (Å²) in [6.45, 7) is 0.372. The summed E-state index contributed by atoms with van der Waals surface area (Å²) in [4.78, 5) is 32.3. The highest BCUT2D eigenvalue weighted by atomic mass is 32.3. The van der Waals surface area contributed by atoms with Crippen LogP contribution in [0.1, 0.15) is 33.1 Å². The van der Waals surface area contributed by atoms with E-state index >= 15 is 0 Å². The third-order valence-corrected chi connectivity index (χ3v) is 6.18. The summed E-state index contributed by atoms with van der Waals surface area (Å²) in [6, 6.07) is 14.3. The minimum absolute atomic E-state index is 0.162. The fourth-order valence-electron chi connectivity index (χ4n) is 3.39. The molecule has 1 unspecified atom stereocenters. The van der Waals surface area contributed by atoms with E-state index in [1.807, 2.05) is 48.5 Å². The molecule has 31 heavy (non-hydrogen) atoms. The highest BCUT2D eigenvalue weighted by molar-refractivity contribution is 8.35. The monoisotopic (exact) mass is 449 g/mol. The fraction of sp³-hybridized carbons (Fsp3) is 0.208. The van der Waals surface area contributed by atoms with Crippen LogP contribution in [0.15, 0.2) is 60.1 Å². The molecule has 1 aliphatic heterocycles. The van der Waals surface area contributed by atoms with E-state index in [4.69, 9.17) is 0 Å². The van der Waals surface area contributed by atoms with E-state index in [0.29, 0.717) is 17.2 Å². The van der Waals surface area contributed by atoms with Crippen molar-refractivity contribution in [1.29, 1.82) is 0 Å². The summed E-state index contributed by atoms with van der Waals surface area (Å²) < 4.78 is 0. The molecule has 0 bridgehead atoms. The predicted octanol–water partition coefficient (Wildman–Crippen LogP) is 4.48. The van der Waals surface area contributed by atoms with Crippen LogP contribution in [0, 0.1) is 11.2 Å². The molecule has 2 heterocycles. The molecule has 5 nitrogen and oxygen atoms in total. The fourth-order valence-corrected chi connectivity index (χ4v) is 4.34. The Bertz CT molecular complexity index is 1170. The highest BCUT2D eigenvalue weighted by Crippen LogP contribution is 2.34. The molecule has 0 saturated carbocycles. The van der Waals surface area contributed by atoms with E-state index in [9.17, 15) is 9.59 Å². The van der Waals surface area contributed by atoms with Crippen LogP contribution < -0.4 is 5.32 Å². The van der Waals surface area contributed by atoms with Gasteiger partial charge < -0.3 is 4.90 Å². The molecule has 0 fully saturated rings. The largest absolute Gasteiger partial charge is 0.318 e. The first-order valence-electron chi connectivity index (χ1n) is 9.72. The number of rotatable bonds is 4. The van der Waals surface area contributed by atoms with Gasteiger partial charge in [-0.05, 0) is 47.3 Å². The number of carbonyl (C=O) groups is 2. The first-order chi connectivity index (χ1) is 14.8. The molecular weight excluding hydrogens is 426 g/mol. The average molecular weight is 450 g/mol. The molecule has 1 atom stereocenters. The van der Waals surface area contributed by atoms with Crippen molar-refractivity contribution in [1.82, 2.24) is 9.88 Å². The van der Waals surface area contributed by atoms with Gasteiger partial charge in [0.25, 0.3) is 11.8 Å². The molecule has 1 N–H and O–H groups in total. The van der Waals surface area contributed by atoms with Crippen molar-refractivity contribution < 1.29 is 9.59 Å². The third kappa shape index (κ3) is 4.82. The Hall–Kier alpha value is -3.08. The van der Waals surface area contributed by atoms with Crippen LogP contribution in [-0.4, -0.2) is 40.5 Å². The predicted molar refractivity (Wildman–Crippen MR) is 128 cm³/mol. The zero-order valence-electron chi connectivity index (χ0n) is 17.6. The van der Waals surface area contributed by atoms with Gasteiger partial charge in [-0.25, -0.2) is 4.98 Å². The van der Waals surface area contributed by atoms with Gasteiger partial charge >= 0.3 is 0 Å². The lowest BCUT2D eigenvalue weighted by molar-refractivity contribution is -0.120. The van der Waals surface area contributed by atoms with Crippen LogP contribution in [0.2, 0.25) is 0 Å². The van der Waals surface area contributed by atoms with Gasteiger partial charge in [0.05, 0.1) is 0 Å². The van der Waals surface area contributed by atoms with Crippen molar-refractivity contribution in [3.8, 4) is 11.2 Å². The zero-order valence-corrected chi connectivity index (χ0v) is 19.2. The number of thiazole rings is 1. The minimum atomic E-state index is -0.961. The van der Waals surface area contributed by atoms with Crippen molar-refractivity contribution in [2.45, 2.75) is 12.6 Å². The molecule has 4 rings (SSSR count). The normalized spacial score (nSPS) is 14.4. The Kier molecular flexibility index (Phi) is 5.86. The van der Waals surface area contributed by atoms with Gasteiger partial charge in [0.15, 0.2) is 5.13 Å². The highest BCUT2D eigenvalue weighted by Gasteiger charge is 2.37. The number of hydrogen-bond acceptors (Lipinski definition) is 4. The quantitative estimate of drug-likeness (QED) is 0.598. The zero-order chi connectivity index (χ0) is 22.0. The van der Waals surface area contributed by atoms with E-state index in [-0.39, 0.29) is 11.8 Å². The second kappa shape index (κ2) is 8.58. The van der Waals surface area contributed by atoms with Gasteiger partial charge in [0.1, 0.15) is 6.04 Å². The Morgan fingerprint density at radius 3 is 2.65 bits per heavy atom. The standard InChI is InChI=1S/C24H23N3O2S2/c1-31(2,3)14-11-17-9-10-19-16-27(23(29)20(19)15-17)21(18-7-5-4-6-8-18)22(28)26-24-25-12-13-30-24/h4-10,12-13,15,21H,16H2,1-3H3,(H,25,26,28). The smallest absolute Gasteiger partial charge is 0.255 e. The Labute approximate surface area is 187 Å². The van der Waals surface area contributed by atoms with Gasteiger partial charge in [-0.3, -0.25) is 14.9 Å². The maximum absolute atomic E-state index is 13.4. The number of anilines is 1. The minimum Gasteiger partial charge on any atom is -0.318 e. The second-order valence-corrected chi connectivity index (χ2v) is 12.8. The maximum Gasteiger partial charge on any atom is 0.255 e. The SMILES string of the molecule is CS(C)(C)C#Cc1ccc2c(c1)C(=O)N(C(C(=O)Nc1nccs1)c1ccccc1)C2. The maximum atomic E-state index is 13.4. The molecule has 0 radical (unpaired) electrons. The van der Waals surface area contributed by atoms with E-state index in [1.54, 1.807) is 16.5 Å². The van der Waals surface area contributed by atoms with Gasteiger partial charge in [-0.2, -0.15) is 10.0 Å². The van der Waals surface area contributed by atoms with Gasteiger partial charge in [0, 0.05) is 29.2 Å². The topological polar surface area (TPSA) is 62.3 Å². The number of hydrogen-bond donors (Lipinski definition) is 1. The van der Waals surface area contributed by atoms with Crippen LogP contribution >= 0.6 is 21.4 Å². The van der Waals surface area contributed by atoms with Crippen molar-refractivity contribution in [2.75, 3.05) is 24.1 Å². The van der Waals surface area contributed by atoms with Gasteiger partial charge in [-0.15, -0.1) is 11.3 Å². The van der Waals surface area contributed by atoms with Crippen LogP contribution in [0.5, 0.6) is 0 Å². The van der Waals surface area contributed by atoms with Crippen molar-refractivity contribution >= 4 is 38.3 Å². The number of aromatic nitrogens is 1. The van der Waals surface area contributed by atoms with Crippen molar-refractivity contribution in [3.63, 3.8) is 0 Å². The van der Waals surface area contributed by atoms with E-state index in [0.717, 1.165) is 16.7 Å². The molecule has 3 aromatic rings. The molecule has 2 amide bonds. The summed E-state index contributed by atoms with van der Waals surface area (Å²) in [5, 5.41) is 8.44. The van der Waals surface area contributed by atoms with Crippen LogP contribution in [-0.2, 0) is 11.3 Å². The summed E-state index contributed by atoms with van der Waals surface area (Å²) >= 11 is 1.34. The molecule has 0 saturated heterocycles. The lowest BCUT2D eigenvalue weighted by Gasteiger charge is -2.27. The number of benzene rings is 2. The van der Waals surface area contributed by atoms with Crippen molar-refractivity contribution in [2.24, 2.45) is 0 Å². The first kappa shape index (κ1) is 21.2. The molecule has 158 valence electrons. The van der Waals surface area contributed by atoms with Crippen LogP contribution in [0.3, 0.4) is 0 Å². The lowest BCUT2D eigenvalue weighted by Crippen LogP contribution is -2.37. The Morgan fingerprint density at radius 2 is 1.97 bits per heavy atom. The van der Waals surface area contributed by atoms with Crippen LogP contribution in [0.4, 0.5) is 5.13 Å². The number of carbonyl (C=O) groups excluding carboxylic acids is 2. The molecule has 1 aromatic heterocycles.